The number of amides is 1. The van der Waals surface area contributed by atoms with Crippen molar-refractivity contribution < 1.29 is 14.7 Å². The Labute approximate surface area is 159 Å². The first-order valence-electron chi connectivity index (χ1n) is 8.61. The third-order valence-electron chi connectivity index (χ3n) is 4.68. The van der Waals surface area contributed by atoms with Crippen LogP contribution in [0.25, 0.3) is 10.2 Å². The van der Waals surface area contributed by atoms with Gasteiger partial charge in [-0.3, -0.25) is 4.79 Å². The highest BCUT2D eigenvalue weighted by Crippen LogP contribution is 2.30. The van der Waals surface area contributed by atoms with Gasteiger partial charge in [-0.05, 0) is 37.3 Å². The quantitative estimate of drug-likeness (QED) is 0.749. The summed E-state index contributed by atoms with van der Waals surface area (Å²) in [6.45, 7) is 4.63. The molecule has 3 aromatic rings. The van der Waals surface area contributed by atoms with Crippen LogP contribution in [0.4, 0.5) is 5.82 Å². The third-order valence-corrected chi connectivity index (χ3v) is 5.64. The van der Waals surface area contributed by atoms with E-state index >= 15 is 0 Å². The molecule has 0 unspecified atom stereocenters. The summed E-state index contributed by atoms with van der Waals surface area (Å²) in [5.41, 5.74) is 0.682. The Balaban J connectivity index is 1.46. The molecule has 1 fully saturated rings. The Hall–Kier alpha value is -3.00. The number of carboxylic acids is 1. The number of aromatic carboxylic acids is 1. The van der Waals surface area contributed by atoms with Gasteiger partial charge in [-0.1, -0.05) is 0 Å². The molecule has 138 valence electrons. The fourth-order valence-corrected chi connectivity index (χ4v) is 4.12. The number of rotatable bonds is 3. The number of carboxylic acid groups (broad SMARTS) is 1. The van der Waals surface area contributed by atoms with Crippen LogP contribution in [-0.2, 0) is 0 Å². The molecule has 4 rings (SSSR count). The third kappa shape index (κ3) is 3.35. The zero-order valence-electron chi connectivity index (χ0n) is 14.8. The minimum absolute atomic E-state index is 0.0780. The number of carbonyl (C=O) groups is 2. The van der Waals surface area contributed by atoms with Crippen LogP contribution in [0.5, 0.6) is 0 Å². The van der Waals surface area contributed by atoms with Crippen molar-refractivity contribution in [2.24, 2.45) is 0 Å². The second kappa shape index (κ2) is 6.96. The van der Waals surface area contributed by atoms with Gasteiger partial charge in [0.15, 0.2) is 0 Å². The number of carbonyl (C=O) groups excluding carboxylic acids is 1. The van der Waals surface area contributed by atoms with E-state index in [1.54, 1.807) is 34.7 Å². The standard InChI is InChI=1S/C19H18N4O3S/c1-12-10-15-16(20-11-21-17(15)27-12)22-6-8-23(9-7-22)18(24)13-2-4-14(5-3-13)19(25)26/h2-5,10-11H,6-9H2,1H3,(H,25,26). The smallest absolute Gasteiger partial charge is 0.335 e. The molecule has 0 spiro atoms. The predicted octanol–water partition coefficient (Wildman–Crippen LogP) is 2.66. The SMILES string of the molecule is Cc1cc2c(N3CCN(C(=O)c4ccc(C(=O)O)cc4)CC3)ncnc2s1. The summed E-state index contributed by atoms with van der Waals surface area (Å²) in [6.07, 6.45) is 1.59. The largest absolute Gasteiger partial charge is 0.478 e. The lowest BCUT2D eigenvalue weighted by molar-refractivity contribution is 0.0693. The number of nitrogens with zero attached hydrogens (tertiary/aromatic N) is 4. The Morgan fingerprint density at radius 1 is 1.04 bits per heavy atom. The minimum atomic E-state index is -0.998. The molecule has 1 N–H and O–H groups in total. The van der Waals surface area contributed by atoms with Crippen molar-refractivity contribution in [2.45, 2.75) is 6.92 Å². The Kier molecular flexibility index (Phi) is 4.49. The van der Waals surface area contributed by atoms with Crippen molar-refractivity contribution >= 4 is 39.2 Å². The van der Waals surface area contributed by atoms with Crippen molar-refractivity contribution in [3.63, 3.8) is 0 Å². The van der Waals surface area contributed by atoms with Crippen molar-refractivity contribution in [1.29, 1.82) is 0 Å². The first-order valence-corrected chi connectivity index (χ1v) is 9.43. The Bertz CT molecular complexity index is 1010. The van der Waals surface area contributed by atoms with Gasteiger partial charge in [0.2, 0.25) is 0 Å². The molecule has 2 aromatic heterocycles. The van der Waals surface area contributed by atoms with E-state index in [4.69, 9.17) is 5.11 Å². The van der Waals surface area contributed by atoms with Crippen LogP contribution in [0.2, 0.25) is 0 Å². The molecular formula is C19H18N4O3S. The summed E-state index contributed by atoms with van der Waals surface area (Å²) < 4.78 is 0. The number of hydrogen-bond donors (Lipinski definition) is 1. The summed E-state index contributed by atoms with van der Waals surface area (Å²) >= 11 is 1.65. The van der Waals surface area contributed by atoms with Gasteiger partial charge >= 0.3 is 5.97 Å². The van der Waals surface area contributed by atoms with Crippen LogP contribution in [-0.4, -0.2) is 58.0 Å². The monoisotopic (exact) mass is 382 g/mol. The van der Waals surface area contributed by atoms with Gasteiger partial charge in [-0.25, -0.2) is 14.8 Å². The molecule has 0 radical (unpaired) electrons. The second-order valence-electron chi connectivity index (χ2n) is 6.43. The molecule has 1 aliphatic heterocycles. The predicted molar refractivity (Wildman–Crippen MR) is 104 cm³/mol. The number of hydrogen-bond acceptors (Lipinski definition) is 6. The highest BCUT2D eigenvalue weighted by atomic mass is 32.1. The lowest BCUT2D eigenvalue weighted by Crippen LogP contribution is -2.49. The van der Waals surface area contributed by atoms with Gasteiger partial charge in [0.25, 0.3) is 5.91 Å². The molecule has 8 heteroatoms. The van der Waals surface area contributed by atoms with Gasteiger partial charge < -0.3 is 14.9 Å². The summed E-state index contributed by atoms with van der Waals surface area (Å²) in [4.78, 5) is 38.6. The van der Waals surface area contributed by atoms with Crippen molar-refractivity contribution in [3.05, 3.63) is 52.7 Å². The number of anilines is 1. The highest BCUT2D eigenvalue weighted by Gasteiger charge is 2.24. The van der Waals surface area contributed by atoms with Crippen molar-refractivity contribution in [2.75, 3.05) is 31.1 Å². The summed E-state index contributed by atoms with van der Waals surface area (Å²) in [5, 5.41) is 10.0. The van der Waals surface area contributed by atoms with E-state index in [0.29, 0.717) is 31.7 Å². The molecule has 1 aliphatic rings. The molecular weight excluding hydrogens is 364 g/mol. The molecule has 0 saturated carbocycles. The van der Waals surface area contributed by atoms with E-state index in [2.05, 4.69) is 27.9 Å². The first-order chi connectivity index (χ1) is 13.0. The maximum Gasteiger partial charge on any atom is 0.335 e. The fraction of sp³-hybridized carbons (Fsp3) is 0.263. The van der Waals surface area contributed by atoms with E-state index in [9.17, 15) is 9.59 Å². The van der Waals surface area contributed by atoms with Gasteiger partial charge in [-0.15, -0.1) is 11.3 Å². The van der Waals surface area contributed by atoms with Crippen LogP contribution in [0.3, 0.4) is 0 Å². The highest BCUT2D eigenvalue weighted by molar-refractivity contribution is 7.18. The fourth-order valence-electron chi connectivity index (χ4n) is 3.27. The Morgan fingerprint density at radius 3 is 2.37 bits per heavy atom. The molecule has 0 bridgehead atoms. The van der Waals surface area contributed by atoms with Crippen LogP contribution in [0.15, 0.2) is 36.7 Å². The summed E-state index contributed by atoms with van der Waals surface area (Å²) in [6, 6.07) is 8.17. The van der Waals surface area contributed by atoms with Crippen LogP contribution < -0.4 is 4.90 Å². The van der Waals surface area contributed by atoms with Crippen LogP contribution >= 0.6 is 11.3 Å². The molecule has 0 aliphatic carbocycles. The zero-order valence-corrected chi connectivity index (χ0v) is 15.6. The molecule has 1 amide bonds. The van der Waals surface area contributed by atoms with Gasteiger partial charge in [-0.2, -0.15) is 0 Å². The molecule has 0 atom stereocenters. The van der Waals surface area contributed by atoms with E-state index in [-0.39, 0.29) is 11.5 Å². The normalized spacial score (nSPS) is 14.6. The minimum Gasteiger partial charge on any atom is -0.478 e. The molecule has 1 aromatic carbocycles. The van der Waals surface area contributed by atoms with Crippen LogP contribution in [0.1, 0.15) is 25.6 Å². The molecule has 3 heterocycles. The van der Waals surface area contributed by atoms with Gasteiger partial charge in [0.05, 0.1) is 10.9 Å². The maximum absolute atomic E-state index is 12.7. The topological polar surface area (TPSA) is 86.6 Å². The molecule has 7 nitrogen and oxygen atoms in total. The van der Waals surface area contributed by atoms with Crippen LogP contribution in [0, 0.1) is 6.92 Å². The summed E-state index contributed by atoms with van der Waals surface area (Å²) in [7, 11) is 0. The van der Waals surface area contributed by atoms with E-state index in [1.165, 1.54) is 17.0 Å². The number of fused-ring (bicyclic) bond motifs is 1. The average molecular weight is 382 g/mol. The van der Waals surface area contributed by atoms with E-state index in [1.807, 2.05) is 0 Å². The number of aryl methyl sites for hydroxylation is 1. The maximum atomic E-state index is 12.7. The van der Waals surface area contributed by atoms with E-state index < -0.39 is 5.97 Å². The van der Waals surface area contributed by atoms with Gasteiger partial charge in [0.1, 0.15) is 17.0 Å². The number of aromatic nitrogens is 2. The average Bonchev–Trinajstić information content (AvgIpc) is 3.08. The lowest BCUT2D eigenvalue weighted by Gasteiger charge is -2.35. The van der Waals surface area contributed by atoms with Crippen molar-refractivity contribution in [1.82, 2.24) is 14.9 Å². The zero-order chi connectivity index (χ0) is 19.0. The second-order valence-corrected chi connectivity index (χ2v) is 7.67. The van der Waals surface area contributed by atoms with E-state index in [0.717, 1.165) is 16.0 Å². The Morgan fingerprint density at radius 2 is 1.70 bits per heavy atom. The number of thiophene rings is 1. The summed E-state index contributed by atoms with van der Waals surface area (Å²) in [5.74, 6) is -0.157. The number of piperazine rings is 1. The van der Waals surface area contributed by atoms with Crippen molar-refractivity contribution in [3.8, 4) is 0 Å². The lowest BCUT2D eigenvalue weighted by atomic mass is 10.1. The first kappa shape index (κ1) is 17.4. The molecule has 1 saturated heterocycles. The molecule has 27 heavy (non-hydrogen) atoms. The van der Waals surface area contributed by atoms with Gasteiger partial charge in [0, 0.05) is 36.6 Å². The number of benzene rings is 1.